The van der Waals surface area contributed by atoms with Crippen LogP contribution in [0.4, 0.5) is 15.8 Å². The van der Waals surface area contributed by atoms with E-state index < -0.39 is 34.4 Å². The number of nitro groups is 1. The first-order valence-corrected chi connectivity index (χ1v) is 6.82. The summed E-state index contributed by atoms with van der Waals surface area (Å²) in [6.07, 6.45) is 2.96. The van der Waals surface area contributed by atoms with E-state index in [1.54, 1.807) is 0 Å². The molecule has 2 amide bonds. The molecule has 1 aromatic carbocycles. The summed E-state index contributed by atoms with van der Waals surface area (Å²) in [6, 6.07) is 2.87. The van der Waals surface area contributed by atoms with Gasteiger partial charge in [0.2, 0.25) is 11.8 Å². The zero-order valence-corrected chi connectivity index (χ0v) is 11.1. The highest BCUT2D eigenvalue weighted by molar-refractivity contribution is 6.22. The molecule has 1 aliphatic heterocycles. The van der Waals surface area contributed by atoms with Crippen LogP contribution in [0.3, 0.4) is 0 Å². The number of non-ortho nitro benzene ring substituents is 1. The quantitative estimate of drug-likeness (QED) is 0.476. The SMILES string of the molecule is O=C1[C@@H]2CCCC[C@H]2C(=O)N1c1cc([N+](=O)[O-])ccc1F. The topological polar surface area (TPSA) is 80.5 Å². The van der Waals surface area contributed by atoms with E-state index in [2.05, 4.69) is 0 Å². The largest absolute Gasteiger partial charge is 0.274 e. The Morgan fingerprint density at radius 3 is 2.24 bits per heavy atom. The van der Waals surface area contributed by atoms with Gasteiger partial charge in [-0.25, -0.2) is 9.29 Å². The minimum Gasteiger partial charge on any atom is -0.274 e. The lowest BCUT2D eigenvalue weighted by Gasteiger charge is -2.19. The number of benzene rings is 1. The monoisotopic (exact) mass is 292 g/mol. The third-order valence-corrected chi connectivity index (χ3v) is 4.22. The number of hydrogen-bond donors (Lipinski definition) is 0. The first-order chi connectivity index (χ1) is 10.0. The van der Waals surface area contributed by atoms with E-state index in [0.717, 1.165) is 35.9 Å². The van der Waals surface area contributed by atoms with Gasteiger partial charge in [-0.1, -0.05) is 12.8 Å². The molecule has 0 radical (unpaired) electrons. The van der Waals surface area contributed by atoms with Gasteiger partial charge in [0.05, 0.1) is 22.4 Å². The van der Waals surface area contributed by atoms with Crippen LogP contribution in [-0.2, 0) is 9.59 Å². The highest BCUT2D eigenvalue weighted by atomic mass is 19.1. The number of anilines is 1. The molecule has 0 unspecified atom stereocenters. The van der Waals surface area contributed by atoms with Crippen LogP contribution < -0.4 is 4.90 Å². The zero-order chi connectivity index (χ0) is 15.1. The molecule has 21 heavy (non-hydrogen) atoms. The Morgan fingerprint density at radius 2 is 1.71 bits per heavy atom. The molecule has 7 heteroatoms. The first kappa shape index (κ1) is 13.7. The third kappa shape index (κ3) is 2.09. The zero-order valence-electron chi connectivity index (χ0n) is 11.1. The number of fused-ring (bicyclic) bond motifs is 1. The number of halogens is 1. The lowest BCUT2D eigenvalue weighted by atomic mass is 9.81. The molecule has 2 aliphatic rings. The van der Waals surface area contributed by atoms with Crippen molar-refractivity contribution in [2.45, 2.75) is 25.7 Å². The summed E-state index contributed by atoms with van der Waals surface area (Å²) in [5.74, 6) is -2.51. The van der Waals surface area contributed by atoms with Gasteiger partial charge in [0.1, 0.15) is 5.82 Å². The highest BCUT2D eigenvalue weighted by Gasteiger charge is 2.49. The van der Waals surface area contributed by atoms with Gasteiger partial charge in [-0.2, -0.15) is 0 Å². The Morgan fingerprint density at radius 1 is 1.14 bits per heavy atom. The minimum absolute atomic E-state index is 0.311. The Bertz CT molecular complexity index is 622. The van der Waals surface area contributed by atoms with E-state index in [0.29, 0.717) is 12.8 Å². The molecule has 0 aromatic heterocycles. The summed E-state index contributed by atoms with van der Waals surface area (Å²) in [5, 5.41) is 10.8. The number of carbonyl (C=O) groups is 2. The molecule has 1 heterocycles. The van der Waals surface area contributed by atoms with Crippen LogP contribution in [0.15, 0.2) is 18.2 Å². The smallest absolute Gasteiger partial charge is 0.271 e. The van der Waals surface area contributed by atoms with Crippen LogP contribution in [-0.4, -0.2) is 16.7 Å². The number of carbonyl (C=O) groups excluding carboxylic acids is 2. The summed E-state index contributed by atoms with van der Waals surface area (Å²) in [5.41, 5.74) is -0.657. The first-order valence-electron chi connectivity index (χ1n) is 6.82. The number of nitro benzene ring substituents is 1. The number of hydrogen-bond acceptors (Lipinski definition) is 4. The standard InChI is InChI=1S/C14H13FN2O4/c15-11-6-5-8(17(20)21)7-12(11)16-13(18)9-3-1-2-4-10(9)14(16)19/h5-7,9-10H,1-4H2/t9-,10-/m1/s1. The molecule has 0 N–H and O–H groups in total. The van der Waals surface area contributed by atoms with Crippen LogP contribution in [0, 0.1) is 27.8 Å². The van der Waals surface area contributed by atoms with Crippen LogP contribution >= 0.6 is 0 Å². The average molecular weight is 292 g/mol. The Kier molecular flexibility index (Phi) is 3.19. The van der Waals surface area contributed by atoms with Crippen LogP contribution in [0.2, 0.25) is 0 Å². The summed E-state index contributed by atoms with van der Waals surface area (Å²) in [6.45, 7) is 0. The van der Waals surface area contributed by atoms with Gasteiger partial charge in [-0.15, -0.1) is 0 Å². The fourth-order valence-electron chi connectivity index (χ4n) is 3.19. The van der Waals surface area contributed by atoms with Crippen molar-refractivity contribution in [3.63, 3.8) is 0 Å². The molecular weight excluding hydrogens is 279 g/mol. The Hall–Kier alpha value is -2.31. The molecule has 0 spiro atoms. The third-order valence-electron chi connectivity index (χ3n) is 4.22. The summed E-state index contributed by atoms with van der Waals surface area (Å²) >= 11 is 0. The van der Waals surface area contributed by atoms with Gasteiger partial charge < -0.3 is 0 Å². The lowest BCUT2D eigenvalue weighted by Crippen LogP contribution is -2.31. The van der Waals surface area contributed by atoms with Crippen molar-refractivity contribution in [1.29, 1.82) is 0 Å². The lowest BCUT2D eigenvalue weighted by molar-refractivity contribution is -0.384. The Labute approximate surface area is 119 Å². The van der Waals surface area contributed by atoms with Crippen molar-refractivity contribution in [3.05, 3.63) is 34.1 Å². The van der Waals surface area contributed by atoms with Crippen molar-refractivity contribution in [2.24, 2.45) is 11.8 Å². The highest BCUT2D eigenvalue weighted by Crippen LogP contribution is 2.41. The summed E-state index contributed by atoms with van der Waals surface area (Å²) < 4.78 is 13.9. The number of rotatable bonds is 2. The average Bonchev–Trinajstić information content (AvgIpc) is 2.72. The van der Waals surface area contributed by atoms with Crippen molar-refractivity contribution < 1.29 is 18.9 Å². The van der Waals surface area contributed by atoms with Crippen molar-refractivity contribution >= 4 is 23.2 Å². The number of nitrogens with zero attached hydrogens (tertiary/aromatic N) is 2. The molecule has 2 atom stereocenters. The van der Waals surface area contributed by atoms with E-state index in [4.69, 9.17) is 0 Å². The van der Waals surface area contributed by atoms with Crippen molar-refractivity contribution in [2.75, 3.05) is 4.90 Å². The van der Waals surface area contributed by atoms with Gasteiger partial charge in [-0.05, 0) is 18.9 Å². The molecule has 6 nitrogen and oxygen atoms in total. The van der Waals surface area contributed by atoms with E-state index in [9.17, 15) is 24.1 Å². The van der Waals surface area contributed by atoms with Crippen LogP contribution in [0.5, 0.6) is 0 Å². The predicted molar refractivity (Wildman–Crippen MR) is 71.0 cm³/mol. The molecule has 1 saturated heterocycles. The number of amides is 2. The number of imide groups is 1. The second-order valence-corrected chi connectivity index (χ2v) is 5.40. The fourth-order valence-corrected chi connectivity index (χ4v) is 3.19. The van der Waals surface area contributed by atoms with Gasteiger partial charge in [0.25, 0.3) is 5.69 Å². The molecule has 3 rings (SSSR count). The Balaban J connectivity index is 2.04. The molecule has 110 valence electrons. The van der Waals surface area contributed by atoms with Gasteiger partial charge >= 0.3 is 0 Å². The summed E-state index contributed by atoms with van der Waals surface area (Å²) in [4.78, 5) is 35.6. The molecule has 0 bridgehead atoms. The molecular formula is C14H13FN2O4. The van der Waals surface area contributed by atoms with Crippen LogP contribution in [0.1, 0.15) is 25.7 Å². The van der Waals surface area contributed by atoms with E-state index >= 15 is 0 Å². The van der Waals surface area contributed by atoms with E-state index in [1.165, 1.54) is 0 Å². The van der Waals surface area contributed by atoms with Gasteiger partial charge in [0, 0.05) is 12.1 Å². The van der Waals surface area contributed by atoms with Gasteiger partial charge in [0.15, 0.2) is 0 Å². The second-order valence-electron chi connectivity index (χ2n) is 5.40. The van der Waals surface area contributed by atoms with Crippen molar-refractivity contribution in [3.8, 4) is 0 Å². The maximum Gasteiger partial charge on any atom is 0.271 e. The maximum absolute atomic E-state index is 13.9. The fraction of sp³-hybridized carbons (Fsp3) is 0.429. The molecule has 1 saturated carbocycles. The minimum atomic E-state index is -0.805. The predicted octanol–water partition coefficient (Wildman–Crippen LogP) is 2.41. The van der Waals surface area contributed by atoms with Crippen LogP contribution in [0.25, 0.3) is 0 Å². The van der Waals surface area contributed by atoms with E-state index in [1.807, 2.05) is 0 Å². The summed E-state index contributed by atoms with van der Waals surface area (Å²) in [7, 11) is 0. The maximum atomic E-state index is 13.9. The molecule has 1 aliphatic carbocycles. The second kappa shape index (κ2) is 4.91. The molecule has 1 aromatic rings. The normalized spacial score (nSPS) is 25.1. The molecule has 2 fully saturated rings. The van der Waals surface area contributed by atoms with Crippen molar-refractivity contribution in [1.82, 2.24) is 0 Å². The van der Waals surface area contributed by atoms with Gasteiger partial charge in [-0.3, -0.25) is 19.7 Å². The van der Waals surface area contributed by atoms with E-state index in [-0.39, 0.29) is 11.4 Å².